The van der Waals surface area contributed by atoms with Gasteiger partial charge in [-0.2, -0.15) is 0 Å². The van der Waals surface area contributed by atoms with Crippen LogP contribution in [0.15, 0.2) is 72.8 Å². The molecule has 30 heavy (non-hydrogen) atoms. The van der Waals surface area contributed by atoms with Crippen molar-refractivity contribution < 1.29 is 4.74 Å². The lowest BCUT2D eigenvalue weighted by molar-refractivity contribution is 0.303. The molecule has 4 rings (SSSR count). The molecule has 1 heterocycles. The molecule has 0 bridgehead atoms. The van der Waals surface area contributed by atoms with E-state index in [0.717, 1.165) is 52.6 Å². The third-order valence-corrected chi connectivity index (χ3v) is 5.69. The zero-order chi connectivity index (χ0) is 20.9. The molecule has 0 amide bonds. The first-order chi connectivity index (χ1) is 14.6. The van der Waals surface area contributed by atoms with Crippen LogP contribution < -0.4 is 4.74 Å². The molecule has 0 radical (unpaired) electrons. The minimum atomic E-state index is 0.538. The molecule has 154 valence electrons. The highest BCUT2D eigenvalue weighted by Gasteiger charge is 2.14. The lowest BCUT2D eigenvalue weighted by atomic mass is 10.0. The van der Waals surface area contributed by atoms with E-state index in [2.05, 4.69) is 60.9 Å². The second-order valence-corrected chi connectivity index (χ2v) is 8.24. The molecule has 0 unspecified atom stereocenters. The summed E-state index contributed by atoms with van der Waals surface area (Å²) in [4.78, 5) is 4.86. The highest BCUT2D eigenvalue weighted by Crippen LogP contribution is 2.30. The van der Waals surface area contributed by atoms with Crippen LogP contribution in [0.5, 0.6) is 5.75 Å². The van der Waals surface area contributed by atoms with Crippen LogP contribution in [0.4, 0.5) is 0 Å². The number of aryl methyl sites for hydroxylation is 1. The van der Waals surface area contributed by atoms with E-state index in [4.69, 9.17) is 21.3 Å². The molecule has 0 atom stereocenters. The molecule has 0 aliphatic carbocycles. The van der Waals surface area contributed by atoms with E-state index in [9.17, 15) is 0 Å². The Kier molecular flexibility index (Phi) is 6.39. The van der Waals surface area contributed by atoms with Gasteiger partial charge in [0.05, 0.1) is 22.7 Å². The molecule has 4 aromatic rings. The molecule has 0 fully saturated rings. The highest BCUT2D eigenvalue weighted by atomic mass is 35.5. The molecule has 0 aliphatic heterocycles. The Hall–Kier alpha value is -2.78. The van der Waals surface area contributed by atoms with Crippen molar-refractivity contribution in [2.75, 3.05) is 6.61 Å². The van der Waals surface area contributed by atoms with Gasteiger partial charge in [-0.3, -0.25) is 0 Å². The molecule has 0 N–H and O–H groups in total. The topological polar surface area (TPSA) is 27.1 Å². The standard InChI is InChI=1S/C26H27ClN2O/c1-19(2)20-13-15-21(16-14-20)30-18-8-7-17-29-25-12-6-5-11-24(25)28-26(29)22-9-3-4-10-23(22)27/h3-6,9-16,19H,7-8,17-18H2,1-2H3. The van der Waals surface area contributed by atoms with Crippen molar-refractivity contribution in [3.8, 4) is 17.1 Å². The Bertz CT molecular complexity index is 1120. The quantitative estimate of drug-likeness (QED) is 0.280. The summed E-state index contributed by atoms with van der Waals surface area (Å²) >= 11 is 6.47. The SMILES string of the molecule is CC(C)c1ccc(OCCCCn2c(-c3ccccc3Cl)nc3ccccc32)cc1. The van der Waals surface area contributed by atoms with Crippen LogP contribution in [0.25, 0.3) is 22.4 Å². The largest absolute Gasteiger partial charge is 0.494 e. The normalized spacial score (nSPS) is 11.3. The van der Waals surface area contributed by atoms with Gasteiger partial charge < -0.3 is 9.30 Å². The number of aromatic nitrogens is 2. The summed E-state index contributed by atoms with van der Waals surface area (Å²) in [5.74, 6) is 2.40. The zero-order valence-corrected chi connectivity index (χ0v) is 18.3. The number of imidazole rings is 1. The summed E-state index contributed by atoms with van der Waals surface area (Å²) in [6, 6.07) is 24.6. The first-order valence-corrected chi connectivity index (χ1v) is 10.9. The van der Waals surface area contributed by atoms with E-state index in [-0.39, 0.29) is 0 Å². The van der Waals surface area contributed by atoms with E-state index in [0.29, 0.717) is 12.5 Å². The van der Waals surface area contributed by atoms with Gasteiger partial charge in [0.1, 0.15) is 11.6 Å². The van der Waals surface area contributed by atoms with Crippen molar-refractivity contribution >= 4 is 22.6 Å². The number of nitrogens with zero attached hydrogens (tertiary/aromatic N) is 2. The summed E-state index contributed by atoms with van der Waals surface area (Å²) in [6.07, 6.45) is 1.97. The van der Waals surface area contributed by atoms with Gasteiger partial charge in [-0.1, -0.05) is 61.8 Å². The summed E-state index contributed by atoms with van der Waals surface area (Å²) in [5.41, 5.74) is 4.44. The summed E-state index contributed by atoms with van der Waals surface area (Å²) in [6.45, 7) is 5.98. The van der Waals surface area contributed by atoms with E-state index >= 15 is 0 Å². The van der Waals surface area contributed by atoms with Crippen LogP contribution in [0.1, 0.15) is 38.2 Å². The van der Waals surface area contributed by atoms with Crippen molar-refractivity contribution in [1.29, 1.82) is 0 Å². The fourth-order valence-electron chi connectivity index (χ4n) is 3.66. The Labute approximate surface area is 183 Å². The predicted molar refractivity (Wildman–Crippen MR) is 125 cm³/mol. The van der Waals surface area contributed by atoms with Crippen LogP contribution in [-0.4, -0.2) is 16.2 Å². The van der Waals surface area contributed by atoms with E-state index in [1.165, 1.54) is 5.56 Å². The summed E-state index contributed by atoms with van der Waals surface area (Å²) in [5, 5.41) is 0.724. The summed E-state index contributed by atoms with van der Waals surface area (Å²) < 4.78 is 8.21. The molecule has 0 spiro atoms. The van der Waals surface area contributed by atoms with Gasteiger partial charge in [0.25, 0.3) is 0 Å². The number of hydrogen-bond acceptors (Lipinski definition) is 2. The molecule has 3 nitrogen and oxygen atoms in total. The Morgan fingerprint density at radius 2 is 1.63 bits per heavy atom. The minimum Gasteiger partial charge on any atom is -0.494 e. The number of rotatable bonds is 8. The van der Waals surface area contributed by atoms with Gasteiger partial charge in [-0.15, -0.1) is 0 Å². The maximum atomic E-state index is 6.47. The van der Waals surface area contributed by atoms with Crippen molar-refractivity contribution in [2.24, 2.45) is 0 Å². The van der Waals surface area contributed by atoms with Gasteiger partial charge in [-0.05, 0) is 60.7 Å². The number of unbranched alkanes of at least 4 members (excludes halogenated alkanes) is 1. The van der Waals surface area contributed by atoms with E-state index < -0.39 is 0 Å². The molecule has 3 aromatic carbocycles. The maximum absolute atomic E-state index is 6.47. The number of fused-ring (bicyclic) bond motifs is 1. The van der Waals surface area contributed by atoms with Crippen molar-refractivity contribution in [1.82, 2.24) is 9.55 Å². The third kappa shape index (κ3) is 4.52. The predicted octanol–water partition coefficient (Wildman–Crippen LogP) is 7.34. The second kappa shape index (κ2) is 9.36. The van der Waals surface area contributed by atoms with Crippen LogP contribution in [-0.2, 0) is 6.54 Å². The van der Waals surface area contributed by atoms with Gasteiger partial charge in [0.15, 0.2) is 0 Å². The highest BCUT2D eigenvalue weighted by molar-refractivity contribution is 6.33. The van der Waals surface area contributed by atoms with Crippen molar-refractivity contribution in [3.63, 3.8) is 0 Å². The molecule has 4 heteroatoms. The average Bonchev–Trinajstić information content (AvgIpc) is 3.12. The third-order valence-electron chi connectivity index (χ3n) is 5.36. The fraction of sp³-hybridized carbons (Fsp3) is 0.269. The lowest BCUT2D eigenvalue weighted by Gasteiger charge is -2.11. The number of halogens is 1. The number of ether oxygens (including phenoxy) is 1. The van der Waals surface area contributed by atoms with Crippen molar-refractivity contribution in [2.45, 2.75) is 39.2 Å². The van der Waals surface area contributed by atoms with Crippen LogP contribution in [0.2, 0.25) is 5.02 Å². The number of para-hydroxylation sites is 2. The van der Waals surface area contributed by atoms with Crippen molar-refractivity contribution in [3.05, 3.63) is 83.4 Å². The monoisotopic (exact) mass is 418 g/mol. The van der Waals surface area contributed by atoms with Crippen LogP contribution in [0, 0.1) is 0 Å². The first kappa shape index (κ1) is 20.5. The number of benzene rings is 3. The van der Waals surface area contributed by atoms with E-state index in [1.54, 1.807) is 0 Å². The fourth-order valence-corrected chi connectivity index (χ4v) is 3.88. The summed E-state index contributed by atoms with van der Waals surface area (Å²) in [7, 11) is 0. The van der Waals surface area contributed by atoms with Gasteiger partial charge in [0, 0.05) is 12.1 Å². The molecule has 0 saturated carbocycles. The second-order valence-electron chi connectivity index (χ2n) is 7.83. The Balaban J connectivity index is 1.42. The molecule has 0 aliphatic rings. The van der Waals surface area contributed by atoms with Gasteiger partial charge in [-0.25, -0.2) is 4.98 Å². The van der Waals surface area contributed by atoms with Gasteiger partial charge in [0.2, 0.25) is 0 Å². The molecular weight excluding hydrogens is 392 g/mol. The zero-order valence-electron chi connectivity index (χ0n) is 17.5. The van der Waals surface area contributed by atoms with E-state index in [1.807, 2.05) is 30.3 Å². The smallest absolute Gasteiger partial charge is 0.142 e. The number of hydrogen-bond donors (Lipinski definition) is 0. The Morgan fingerprint density at radius 1 is 0.900 bits per heavy atom. The average molecular weight is 419 g/mol. The Morgan fingerprint density at radius 3 is 2.40 bits per heavy atom. The van der Waals surface area contributed by atoms with Crippen LogP contribution in [0.3, 0.4) is 0 Å². The van der Waals surface area contributed by atoms with Gasteiger partial charge >= 0.3 is 0 Å². The molecular formula is C26H27ClN2O. The molecule has 0 saturated heterocycles. The first-order valence-electron chi connectivity index (χ1n) is 10.6. The minimum absolute atomic E-state index is 0.538. The molecule has 1 aromatic heterocycles. The lowest BCUT2D eigenvalue weighted by Crippen LogP contribution is -2.04. The maximum Gasteiger partial charge on any atom is 0.142 e. The van der Waals surface area contributed by atoms with Crippen LogP contribution >= 0.6 is 11.6 Å².